The Kier molecular flexibility index (Phi) is 3.94. The van der Waals surface area contributed by atoms with Crippen molar-refractivity contribution in [2.24, 2.45) is 0 Å². The molecule has 0 atom stereocenters. The lowest BCUT2D eigenvalue weighted by atomic mass is 9.96. The Balaban J connectivity index is 2.25. The number of nitrogens with two attached hydrogens (primary N) is 1. The van der Waals surface area contributed by atoms with Gasteiger partial charge < -0.3 is 10.6 Å². The van der Waals surface area contributed by atoms with Crippen LogP contribution in [0.4, 0.5) is 11.6 Å². The summed E-state index contributed by atoms with van der Waals surface area (Å²) < 4.78 is 0. The summed E-state index contributed by atoms with van der Waals surface area (Å²) in [5, 5.41) is 3.15. The molecule has 0 saturated heterocycles. The van der Waals surface area contributed by atoms with Gasteiger partial charge in [0.15, 0.2) is 0 Å². The van der Waals surface area contributed by atoms with Crippen molar-refractivity contribution in [3.8, 4) is 0 Å². The zero-order valence-electron chi connectivity index (χ0n) is 12.6. The Labute approximate surface area is 123 Å². The molecule has 6 heteroatoms. The lowest BCUT2D eigenvalue weighted by Crippen LogP contribution is -2.23. The van der Waals surface area contributed by atoms with E-state index in [0.717, 1.165) is 22.3 Å². The van der Waals surface area contributed by atoms with E-state index >= 15 is 0 Å². The van der Waals surface area contributed by atoms with Gasteiger partial charge in [-0.2, -0.15) is 0 Å². The molecule has 0 fully saturated rings. The fourth-order valence-corrected chi connectivity index (χ4v) is 2.39. The van der Waals surface area contributed by atoms with Crippen LogP contribution < -0.4 is 10.6 Å². The fourth-order valence-electron chi connectivity index (χ4n) is 1.79. The molecule has 0 spiro atoms. The van der Waals surface area contributed by atoms with Crippen molar-refractivity contribution >= 4 is 23.0 Å². The lowest BCUT2D eigenvalue weighted by molar-refractivity contribution is 0.545. The summed E-state index contributed by atoms with van der Waals surface area (Å²) in [6.07, 6.45) is 0. The van der Waals surface area contributed by atoms with Crippen molar-refractivity contribution < 1.29 is 0 Å². The summed E-state index contributed by atoms with van der Waals surface area (Å²) in [6, 6.07) is 1.80. The van der Waals surface area contributed by atoms with Gasteiger partial charge in [0.1, 0.15) is 17.5 Å². The summed E-state index contributed by atoms with van der Waals surface area (Å²) in [4.78, 5) is 15.5. The Morgan fingerprint density at radius 2 is 1.95 bits per heavy atom. The molecular weight excluding hydrogens is 270 g/mol. The molecule has 0 aliphatic carbocycles. The molecule has 0 saturated carbocycles. The first-order valence-electron chi connectivity index (χ1n) is 6.53. The minimum absolute atomic E-state index is 0.123. The number of thiazole rings is 1. The van der Waals surface area contributed by atoms with Crippen LogP contribution in [-0.4, -0.2) is 22.0 Å². The summed E-state index contributed by atoms with van der Waals surface area (Å²) in [5.74, 6) is 2.09. The number of rotatable bonds is 3. The van der Waals surface area contributed by atoms with E-state index in [1.165, 1.54) is 0 Å². The van der Waals surface area contributed by atoms with Gasteiger partial charge in [-0.15, -0.1) is 11.3 Å². The van der Waals surface area contributed by atoms with E-state index in [1.807, 2.05) is 18.9 Å². The Bertz CT molecular complexity index is 600. The van der Waals surface area contributed by atoms with E-state index < -0.39 is 0 Å². The van der Waals surface area contributed by atoms with Gasteiger partial charge >= 0.3 is 0 Å². The smallest absolute Gasteiger partial charge is 0.138 e. The van der Waals surface area contributed by atoms with E-state index in [1.54, 1.807) is 17.4 Å². The van der Waals surface area contributed by atoms with E-state index in [9.17, 15) is 0 Å². The predicted octanol–water partition coefficient (Wildman–Crippen LogP) is 2.76. The van der Waals surface area contributed by atoms with Crippen molar-refractivity contribution in [3.63, 3.8) is 0 Å². The molecule has 0 unspecified atom stereocenters. The van der Waals surface area contributed by atoms with Gasteiger partial charge in [0, 0.05) is 23.9 Å². The molecule has 2 heterocycles. The number of aryl methyl sites for hydroxylation is 1. The quantitative estimate of drug-likeness (QED) is 0.941. The minimum atomic E-state index is -0.123. The molecule has 0 radical (unpaired) electrons. The highest BCUT2D eigenvalue weighted by Crippen LogP contribution is 2.23. The highest BCUT2D eigenvalue weighted by Gasteiger charge is 2.19. The zero-order valence-corrected chi connectivity index (χ0v) is 13.5. The van der Waals surface area contributed by atoms with Gasteiger partial charge in [0.2, 0.25) is 0 Å². The first-order valence-corrected chi connectivity index (χ1v) is 7.41. The van der Waals surface area contributed by atoms with Crippen molar-refractivity contribution in [1.82, 2.24) is 15.0 Å². The molecule has 2 aromatic heterocycles. The van der Waals surface area contributed by atoms with Crippen LogP contribution in [-0.2, 0) is 12.0 Å². The number of hydrogen-bond acceptors (Lipinski definition) is 6. The second kappa shape index (κ2) is 5.36. The maximum Gasteiger partial charge on any atom is 0.138 e. The van der Waals surface area contributed by atoms with Crippen LogP contribution in [0.3, 0.4) is 0 Å². The fraction of sp³-hybridized carbons (Fsp3) is 0.500. The van der Waals surface area contributed by atoms with E-state index in [0.29, 0.717) is 12.4 Å². The first-order chi connectivity index (χ1) is 9.25. The highest BCUT2D eigenvalue weighted by atomic mass is 32.1. The molecule has 0 aliphatic heterocycles. The number of nitrogen functional groups attached to an aromatic ring is 1. The Hall–Kier alpha value is -1.69. The van der Waals surface area contributed by atoms with Gasteiger partial charge in [-0.25, -0.2) is 15.0 Å². The number of aromatic nitrogens is 3. The van der Waals surface area contributed by atoms with Crippen LogP contribution in [0.15, 0.2) is 11.4 Å². The molecule has 0 bridgehead atoms. The minimum Gasteiger partial charge on any atom is -0.384 e. The summed E-state index contributed by atoms with van der Waals surface area (Å²) in [6.45, 7) is 8.96. The van der Waals surface area contributed by atoms with Gasteiger partial charge in [-0.1, -0.05) is 20.8 Å². The van der Waals surface area contributed by atoms with Crippen molar-refractivity contribution in [2.45, 2.75) is 39.7 Å². The number of anilines is 2. The molecule has 2 N–H and O–H groups in total. The van der Waals surface area contributed by atoms with Crippen molar-refractivity contribution in [1.29, 1.82) is 0 Å². The van der Waals surface area contributed by atoms with Crippen LogP contribution in [0.2, 0.25) is 0 Å². The van der Waals surface area contributed by atoms with Gasteiger partial charge in [-0.3, -0.25) is 0 Å². The standard InChI is InChI=1S/C14H21N5S/c1-9-16-10(8-20-9)7-19(5)12-6-11(15)17-13(18-12)14(2,3)4/h6,8H,7H2,1-5H3,(H2,15,17,18). The van der Waals surface area contributed by atoms with E-state index in [-0.39, 0.29) is 5.41 Å². The summed E-state index contributed by atoms with van der Waals surface area (Å²) in [7, 11) is 1.99. The third-order valence-electron chi connectivity index (χ3n) is 2.86. The monoisotopic (exact) mass is 291 g/mol. The van der Waals surface area contributed by atoms with Crippen molar-refractivity contribution in [3.05, 3.63) is 28.0 Å². The molecule has 5 nitrogen and oxygen atoms in total. The van der Waals surface area contributed by atoms with Crippen LogP contribution >= 0.6 is 11.3 Å². The largest absolute Gasteiger partial charge is 0.384 e. The summed E-state index contributed by atoms with van der Waals surface area (Å²) in [5.41, 5.74) is 6.82. The van der Waals surface area contributed by atoms with Gasteiger partial charge in [0.05, 0.1) is 17.2 Å². The highest BCUT2D eigenvalue weighted by molar-refractivity contribution is 7.09. The first kappa shape index (κ1) is 14.7. The third kappa shape index (κ3) is 3.45. The maximum atomic E-state index is 5.90. The maximum absolute atomic E-state index is 5.90. The van der Waals surface area contributed by atoms with E-state index in [4.69, 9.17) is 5.73 Å². The van der Waals surface area contributed by atoms with Crippen LogP contribution in [0.5, 0.6) is 0 Å². The summed E-state index contributed by atoms with van der Waals surface area (Å²) >= 11 is 1.66. The molecular formula is C14H21N5S. The van der Waals surface area contributed by atoms with Gasteiger partial charge in [-0.05, 0) is 6.92 Å². The van der Waals surface area contributed by atoms with Crippen LogP contribution in [0, 0.1) is 6.92 Å². The lowest BCUT2D eigenvalue weighted by Gasteiger charge is -2.22. The topological polar surface area (TPSA) is 67.9 Å². The Morgan fingerprint density at radius 3 is 2.50 bits per heavy atom. The molecule has 20 heavy (non-hydrogen) atoms. The molecule has 0 aliphatic rings. The average Bonchev–Trinajstić information content (AvgIpc) is 2.72. The number of nitrogens with zero attached hydrogens (tertiary/aromatic N) is 4. The molecule has 2 rings (SSSR count). The van der Waals surface area contributed by atoms with Crippen LogP contribution in [0.1, 0.15) is 37.3 Å². The second-order valence-electron chi connectivity index (χ2n) is 5.94. The molecule has 0 amide bonds. The van der Waals surface area contributed by atoms with Crippen molar-refractivity contribution in [2.75, 3.05) is 17.7 Å². The predicted molar refractivity (Wildman–Crippen MR) is 84.1 cm³/mol. The number of hydrogen-bond donors (Lipinski definition) is 1. The normalized spacial score (nSPS) is 11.7. The average molecular weight is 291 g/mol. The van der Waals surface area contributed by atoms with E-state index in [2.05, 4.69) is 41.1 Å². The van der Waals surface area contributed by atoms with Gasteiger partial charge in [0.25, 0.3) is 0 Å². The Morgan fingerprint density at radius 1 is 1.25 bits per heavy atom. The molecule has 0 aromatic carbocycles. The SMILES string of the molecule is Cc1nc(CN(C)c2cc(N)nc(C(C)(C)C)n2)cs1. The van der Waals surface area contributed by atoms with Crippen LogP contribution in [0.25, 0.3) is 0 Å². The molecule has 2 aromatic rings. The second-order valence-corrected chi connectivity index (χ2v) is 7.00. The molecule has 108 valence electrons. The third-order valence-corrected chi connectivity index (χ3v) is 3.68. The zero-order chi connectivity index (χ0) is 14.9.